The molecule has 4 aromatic rings. The number of ketones is 1. The zero-order valence-corrected chi connectivity index (χ0v) is 17.0. The molecule has 0 aliphatic rings. The smallest absolute Gasteiger partial charge is 0.259 e. The number of hydrogen-bond acceptors (Lipinski definition) is 7. The Kier molecular flexibility index (Phi) is 6.21. The monoisotopic (exact) mass is 418 g/mol. The number of phenolic OH excluding ortho intramolecular Hbond substituents is 1. The molecule has 31 heavy (non-hydrogen) atoms. The molecular weight excluding hydrogens is 396 g/mol. The highest BCUT2D eigenvalue weighted by Crippen LogP contribution is 2.34. The number of nitrogens with zero attached hydrogens (tertiary/aromatic N) is 1. The lowest BCUT2D eigenvalue weighted by atomic mass is 10.0. The van der Waals surface area contributed by atoms with E-state index in [0.29, 0.717) is 22.5 Å². The highest BCUT2D eigenvalue weighted by molar-refractivity contribution is 6.12. The number of rotatable bonds is 3. The minimum absolute atomic E-state index is 0.0483. The van der Waals surface area contributed by atoms with Gasteiger partial charge in [0, 0.05) is 22.7 Å². The molecule has 6 N–H and O–H groups in total. The molecule has 8 nitrogen and oxygen atoms in total. The summed E-state index contributed by atoms with van der Waals surface area (Å²) in [7, 11) is 0. The molecule has 0 fully saturated rings. The molecule has 0 saturated carbocycles. The van der Waals surface area contributed by atoms with Crippen LogP contribution in [0.5, 0.6) is 5.75 Å². The number of benzene rings is 3. The van der Waals surface area contributed by atoms with E-state index in [2.05, 4.69) is 15.0 Å². The number of phenols is 1. The number of nitrogen functional groups attached to an aromatic ring is 2. The molecule has 3 aromatic carbocycles. The zero-order valence-electron chi connectivity index (χ0n) is 17.0. The lowest BCUT2D eigenvalue weighted by Crippen LogP contribution is -2.13. The van der Waals surface area contributed by atoms with E-state index in [1.165, 1.54) is 6.92 Å². The van der Waals surface area contributed by atoms with E-state index in [0.717, 1.165) is 11.1 Å². The van der Waals surface area contributed by atoms with E-state index in [9.17, 15) is 14.7 Å². The van der Waals surface area contributed by atoms with E-state index >= 15 is 0 Å². The third-order valence-electron chi connectivity index (χ3n) is 4.50. The molecule has 1 amide bonds. The van der Waals surface area contributed by atoms with E-state index < -0.39 is 5.91 Å². The van der Waals surface area contributed by atoms with Crippen molar-refractivity contribution < 1.29 is 19.2 Å². The van der Waals surface area contributed by atoms with Crippen LogP contribution in [0.15, 0.2) is 65.2 Å². The summed E-state index contributed by atoms with van der Waals surface area (Å²) in [5.41, 5.74) is 12.5. The van der Waals surface area contributed by atoms with Gasteiger partial charge in [0.25, 0.3) is 5.91 Å². The van der Waals surface area contributed by atoms with Gasteiger partial charge in [-0.15, -0.1) is 0 Å². The minimum atomic E-state index is -0.472. The topological polar surface area (TPSA) is 144 Å². The fourth-order valence-corrected chi connectivity index (χ4v) is 2.91. The Hall–Kier alpha value is -4.33. The van der Waals surface area contributed by atoms with E-state index in [1.807, 2.05) is 18.2 Å². The van der Waals surface area contributed by atoms with Crippen LogP contribution in [-0.2, 0) is 0 Å². The Balaban J connectivity index is 0.000000330. The van der Waals surface area contributed by atoms with E-state index in [4.69, 9.17) is 11.5 Å². The molecule has 158 valence electrons. The van der Waals surface area contributed by atoms with Gasteiger partial charge in [-0.3, -0.25) is 9.59 Å². The quantitative estimate of drug-likeness (QED) is 0.222. The van der Waals surface area contributed by atoms with Crippen LogP contribution in [0.25, 0.3) is 10.8 Å². The Morgan fingerprint density at radius 1 is 1.03 bits per heavy atom. The van der Waals surface area contributed by atoms with Gasteiger partial charge in [-0.05, 0) is 49.6 Å². The summed E-state index contributed by atoms with van der Waals surface area (Å²) in [5.74, 6) is 0.426. The third kappa shape index (κ3) is 4.99. The Morgan fingerprint density at radius 2 is 1.71 bits per heavy atom. The summed E-state index contributed by atoms with van der Waals surface area (Å²) in [6.07, 6.45) is 0. The van der Waals surface area contributed by atoms with Crippen molar-refractivity contribution in [3.05, 3.63) is 77.6 Å². The summed E-state index contributed by atoms with van der Waals surface area (Å²) < 4.78 is 4.59. The number of nitrogens with two attached hydrogens (primary N) is 2. The molecular formula is C23H22N4O4. The maximum atomic E-state index is 12.5. The first-order valence-corrected chi connectivity index (χ1v) is 9.37. The predicted octanol–water partition coefficient (Wildman–Crippen LogP) is 4.15. The lowest BCUT2D eigenvalue weighted by Gasteiger charge is -2.11. The molecule has 0 aliphatic carbocycles. The second-order valence-corrected chi connectivity index (χ2v) is 6.86. The normalized spacial score (nSPS) is 10.3. The van der Waals surface area contributed by atoms with Crippen LogP contribution in [0, 0.1) is 6.92 Å². The second kappa shape index (κ2) is 9.00. The van der Waals surface area contributed by atoms with Gasteiger partial charge in [0.15, 0.2) is 17.4 Å². The molecule has 1 heterocycles. The van der Waals surface area contributed by atoms with Crippen LogP contribution in [0.1, 0.15) is 33.4 Å². The first kappa shape index (κ1) is 21.4. The summed E-state index contributed by atoms with van der Waals surface area (Å²) in [6, 6.07) is 17.1. The summed E-state index contributed by atoms with van der Waals surface area (Å²) in [4.78, 5) is 23.7. The third-order valence-corrected chi connectivity index (χ3v) is 4.50. The highest BCUT2D eigenvalue weighted by atomic mass is 16.5. The van der Waals surface area contributed by atoms with E-state index in [-0.39, 0.29) is 22.8 Å². The molecule has 0 saturated heterocycles. The molecule has 4 rings (SSSR count). The molecule has 0 spiro atoms. The fourth-order valence-electron chi connectivity index (χ4n) is 2.91. The largest absolute Gasteiger partial charge is 0.505 e. The number of aryl methyl sites for hydroxylation is 1. The number of hydrogen-bond donors (Lipinski definition) is 4. The number of aromatic nitrogens is 1. The van der Waals surface area contributed by atoms with Crippen LogP contribution in [0.2, 0.25) is 0 Å². The van der Waals surface area contributed by atoms with Crippen molar-refractivity contribution in [1.29, 1.82) is 0 Å². The van der Waals surface area contributed by atoms with Gasteiger partial charge in [-0.2, -0.15) is 0 Å². The summed E-state index contributed by atoms with van der Waals surface area (Å²) >= 11 is 0. The number of fused-ring (bicyclic) bond motifs is 1. The average Bonchev–Trinajstić information content (AvgIpc) is 3.14. The summed E-state index contributed by atoms with van der Waals surface area (Å²) in [6.45, 7) is 3.27. The van der Waals surface area contributed by atoms with E-state index in [1.54, 1.807) is 49.4 Å². The highest BCUT2D eigenvalue weighted by Gasteiger charge is 2.16. The van der Waals surface area contributed by atoms with Crippen molar-refractivity contribution in [2.75, 3.05) is 16.8 Å². The molecule has 0 atom stereocenters. The number of aromatic hydroxyl groups is 1. The predicted molar refractivity (Wildman–Crippen MR) is 120 cm³/mol. The van der Waals surface area contributed by atoms with Crippen molar-refractivity contribution in [3.63, 3.8) is 0 Å². The Bertz CT molecular complexity index is 1230. The van der Waals surface area contributed by atoms with Crippen molar-refractivity contribution in [2.45, 2.75) is 13.8 Å². The lowest BCUT2D eigenvalue weighted by molar-refractivity contribution is 0.101. The van der Waals surface area contributed by atoms with Crippen LogP contribution in [0.4, 0.5) is 17.2 Å². The van der Waals surface area contributed by atoms with Gasteiger partial charge in [0.1, 0.15) is 5.76 Å². The second-order valence-electron chi connectivity index (χ2n) is 6.86. The first-order valence-electron chi connectivity index (χ1n) is 9.37. The number of amides is 1. The van der Waals surface area contributed by atoms with Gasteiger partial charge in [-0.25, -0.2) is 0 Å². The number of anilines is 3. The van der Waals surface area contributed by atoms with Crippen molar-refractivity contribution >= 4 is 39.7 Å². The van der Waals surface area contributed by atoms with Crippen molar-refractivity contribution in [1.82, 2.24) is 5.16 Å². The molecule has 0 aliphatic heterocycles. The van der Waals surface area contributed by atoms with Gasteiger partial charge < -0.3 is 26.4 Å². The number of nitrogens with one attached hydrogen (secondary N) is 1. The van der Waals surface area contributed by atoms with Crippen LogP contribution in [0.3, 0.4) is 0 Å². The zero-order chi connectivity index (χ0) is 22.5. The van der Waals surface area contributed by atoms with Crippen molar-refractivity contribution in [3.8, 4) is 5.75 Å². The van der Waals surface area contributed by atoms with Gasteiger partial charge in [0.05, 0.1) is 11.3 Å². The fraction of sp³-hybridized carbons (Fsp3) is 0.0870. The molecule has 0 bridgehead atoms. The molecule has 0 unspecified atom stereocenters. The van der Waals surface area contributed by atoms with Crippen molar-refractivity contribution in [2.24, 2.45) is 0 Å². The minimum Gasteiger partial charge on any atom is -0.505 e. The maximum Gasteiger partial charge on any atom is 0.259 e. The van der Waals surface area contributed by atoms with Crippen LogP contribution < -0.4 is 16.8 Å². The van der Waals surface area contributed by atoms with Gasteiger partial charge >= 0.3 is 0 Å². The number of carbonyl (C=O) groups is 2. The number of Topliss-reactive ketones (excluding diaryl/α,β-unsaturated/α-hetero) is 1. The molecule has 0 radical (unpaired) electrons. The molecule has 8 heteroatoms. The SMILES string of the molecule is CC(=O)c1ccc(NC(=O)c2cc3ccccc3c(N)c2O)cc1.Cc1cc(N)no1. The Morgan fingerprint density at radius 3 is 2.26 bits per heavy atom. The maximum absolute atomic E-state index is 12.5. The first-order chi connectivity index (χ1) is 14.8. The van der Waals surface area contributed by atoms with Gasteiger partial charge in [-0.1, -0.05) is 29.4 Å². The van der Waals surface area contributed by atoms with Crippen LogP contribution in [-0.4, -0.2) is 22.0 Å². The van der Waals surface area contributed by atoms with Crippen LogP contribution >= 0.6 is 0 Å². The average molecular weight is 418 g/mol. The standard InChI is InChI=1S/C19H16N2O3.C4H6N2O/c1-11(22)12-6-8-14(9-7-12)21-19(24)16-10-13-4-2-3-5-15(13)17(20)18(16)23;1-3-2-4(5)6-7-3/h2-10,23H,20H2,1H3,(H,21,24);2H,1H3,(H2,5,6). The summed E-state index contributed by atoms with van der Waals surface area (Å²) in [5, 5.41) is 17.8. The Labute approximate surface area is 178 Å². The molecule has 1 aromatic heterocycles. The van der Waals surface area contributed by atoms with Gasteiger partial charge in [0.2, 0.25) is 0 Å². The number of carbonyl (C=O) groups excluding carboxylic acids is 2.